The standard InChI is InChI=1S/C15H15NO4/c1-11-13(7-8-19-11)15(18)16-9-14(17)20-10-12-5-3-2-4-6-12/h2-8H,9-10H2,1H3,(H,16,18). The van der Waals surface area contributed by atoms with E-state index in [4.69, 9.17) is 9.15 Å². The lowest BCUT2D eigenvalue weighted by Gasteiger charge is -2.06. The summed E-state index contributed by atoms with van der Waals surface area (Å²) in [5.74, 6) is -0.323. The van der Waals surface area contributed by atoms with Crippen LogP contribution < -0.4 is 5.32 Å². The number of rotatable bonds is 5. The smallest absolute Gasteiger partial charge is 0.325 e. The maximum Gasteiger partial charge on any atom is 0.325 e. The third kappa shape index (κ3) is 3.71. The van der Waals surface area contributed by atoms with E-state index >= 15 is 0 Å². The summed E-state index contributed by atoms with van der Waals surface area (Å²) < 4.78 is 10.1. The van der Waals surface area contributed by atoms with Gasteiger partial charge < -0.3 is 14.5 Å². The van der Waals surface area contributed by atoms with Gasteiger partial charge in [-0.3, -0.25) is 9.59 Å². The van der Waals surface area contributed by atoms with E-state index in [0.29, 0.717) is 11.3 Å². The highest BCUT2D eigenvalue weighted by molar-refractivity contribution is 5.96. The summed E-state index contributed by atoms with van der Waals surface area (Å²) >= 11 is 0. The predicted octanol–water partition coefficient (Wildman–Crippen LogP) is 2.06. The Morgan fingerprint density at radius 1 is 1.20 bits per heavy atom. The van der Waals surface area contributed by atoms with Crippen LogP contribution in [-0.4, -0.2) is 18.4 Å². The predicted molar refractivity (Wildman–Crippen MR) is 72.0 cm³/mol. The number of ether oxygens (including phenoxy) is 1. The maximum absolute atomic E-state index is 11.7. The van der Waals surface area contributed by atoms with Crippen LogP contribution in [0.3, 0.4) is 0 Å². The molecule has 0 saturated heterocycles. The molecule has 2 rings (SSSR count). The molecule has 2 aromatic rings. The number of furan rings is 1. The highest BCUT2D eigenvalue weighted by Crippen LogP contribution is 2.07. The first-order valence-electron chi connectivity index (χ1n) is 6.18. The van der Waals surface area contributed by atoms with Crippen molar-refractivity contribution in [2.45, 2.75) is 13.5 Å². The molecule has 1 aromatic carbocycles. The molecule has 20 heavy (non-hydrogen) atoms. The first-order valence-corrected chi connectivity index (χ1v) is 6.18. The zero-order valence-corrected chi connectivity index (χ0v) is 11.1. The molecule has 0 radical (unpaired) electrons. The zero-order chi connectivity index (χ0) is 14.4. The summed E-state index contributed by atoms with van der Waals surface area (Å²) in [4.78, 5) is 23.2. The van der Waals surface area contributed by atoms with Crippen LogP contribution in [0.15, 0.2) is 47.1 Å². The Kier molecular flexibility index (Phi) is 4.55. The molecule has 0 aliphatic heterocycles. The van der Waals surface area contributed by atoms with Crippen LogP contribution in [-0.2, 0) is 16.1 Å². The van der Waals surface area contributed by atoms with Gasteiger partial charge in [-0.2, -0.15) is 0 Å². The second-order valence-corrected chi connectivity index (χ2v) is 4.22. The summed E-state index contributed by atoms with van der Waals surface area (Å²) in [5, 5.41) is 2.49. The fraction of sp³-hybridized carbons (Fsp3) is 0.200. The lowest BCUT2D eigenvalue weighted by molar-refractivity contribution is -0.143. The highest BCUT2D eigenvalue weighted by atomic mass is 16.5. The molecular formula is C15H15NO4. The van der Waals surface area contributed by atoms with Gasteiger partial charge in [-0.1, -0.05) is 30.3 Å². The molecule has 1 N–H and O–H groups in total. The number of nitrogens with one attached hydrogen (secondary N) is 1. The summed E-state index contributed by atoms with van der Waals surface area (Å²) in [6.45, 7) is 1.71. The first-order chi connectivity index (χ1) is 9.66. The largest absolute Gasteiger partial charge is 0.469 e. The van der Waals surface area contributed by atoms with E-state index in [1.807, 2.05) is 30.3 Å². The van der Waals surface area contributed by atoms with Crippen LogP contribution in [0.5, 0.6) is 0 Å². The van der Waals surface area contributed by atoms with Gasteiger partial charge in [-0.15, -0.1) is 0 Å². The van der Waals surface area contributed by atoms with Crippen LogP contribution in [0.1, 0.15) is 21.7 Å². The minimum atomic E-state index is -0.483. The molecule has 0 aliphatic carbocycles. The molecule has 1 aromatic heterocycles. The van der Waals surface area contributed by atoms with E-state index in [-0.39, 0.29) is 19.1 Å². The van der Waals surface area contributed by atoms with Gasteiger partial charge in [0.1, 0.15) is 18.9 Å². The van der Waals surface area contributed by atoms with Crippen LogP contribution >= 0.6 is 0 Å². The molecule has 0 atom stereocenters. The molecule has 104 valence electrons. The van der Waals surface area contributed by atoms with Gasteiger partial charge in [0.05, 0.1) is 11.8 Å². The zero-order valence-electron chi connectivity index (χ0n) is 11.1. The Labute approximate surface area is 116 Å². The lowest BCUT2D eigenvalue weighted by Crippen LogP contribution is -2.30. The van der Waals surface area contributed by atoms with E-state index in [1.54, 1.807) is 13.0 Å². The number of hydrogen-bond donors (Lipinski definition) is 1. The van der Waals surface area contributed by atoms with Crippen molar-refractivity contribution in [1.29, 1.82) is 0 Å². The van der Waals surface area contributed by atoms with Crippen molar-refractivity contribution >= 4 is 11.9 Å². The normalized spacial score (nSPS) is 10.1. The molecule has 5 nitrogen and oxygen atoms in total. The van der Waals surface area contributed by atoms with Gasteiger partial charge in [-0.25, -0.2) is 0 Å². The number of amides is 1. The molecule has 0 spiro atoms. The van der Waals surface area contributed by atoms with Crippen molar-refractivity contribution in [2.24, 2.45) is 0 Å². The molecule has 0 saturated carbocycles. The van der Waals surface area contributed by atoms with Crippen molar-refractivity contribution < 1.29 is 18.7 Å². The molecule has 5 heteroatoms. The van der Waals surface area contributed by atoms with Crippen molar-refractivity contribution in [3.8, 4) is 0 Å². The van der Waals surface area contributed by atoms with Gasteiger partial charge in [0.25, 0.3) is 5.91 Å². The summed E-state index contributed by atoms with van der Waals surface area (Å²) in [6.07, 6.45) is 1.43. The summed E-state index contributed by atoms with van der Waals surface area (Å²) in [5.41, 5.74) is 1.32. The third-order valence-corrected chi connectivity index (χ3v) is 2.74. The highest BCUT2D eigenvalue weighted by Gasteiger charge is 2.12. The Bertz CT molecular complexity index is 589. The molecule has 0 unspecified atom stereocenters. The van der Waals surface area contributed by atoms with E-state index in [9.17, 15) is 9.59 Å². The first kappa shape index (κ1) is 13.9. The number of carbonyl (C=O) groups is 2. The van der Waals surface area contributed by atoms with Crippen molar-refractivity contribution in [3.63, 3.8) is 0 Å². The molecule has 1 amide bonds. The van der Waals surface area contributed by atoms with E-state index in [0.717, 1.165) is 5.56 Å². The van der Waals surface area contributed by atoms with Crippen LogP contribution in [0.2, 0.25) is 0 Å². The third-order valence-electron chi connectivity index (χ3n) is 2.74. The maximum atomic E-state index is 11.7. The van der Waals surface area contributed by atoms with Crippen molar-refractivity contribution in [2.75, 3.05) is 6.54 Å². The monoisotopic (exact) mass is 273 g/mol. The average molecular weight is 273 g/mol. The average Bonchev–Trinajstić information content (AvgIpc) is 2.90. The number of carbonyl (C=O) groups excluding carboxylic acids is 2. The van der Waals surface area contributed by atoms with Crippen LogP contribution in [0.4, 0.5) is 0 Å². The number of benzene rings is 1. The fourth-order valence-electron chi connectivity index (χ4n) is 1.66. The summed E-state index contributed by atoms with van der Waals surface area (Å²) in [6, 6.07) is 10.9. The molecule has 0 aliphatic rings. The quantitative estimate of drug-likeness (QED) is 0.847. The van der Waals surface area contributed by atoms with E-state index in [1.165, 1.54) is 6.26 Å². The number of hydrogen-bond acceptors (Lipinski definition) is 4. The minimum absolute atomic E-state index is 0.170. The minimum Gasteiger partial charge on any atom is -0.469 e. The Morgan fingerprint density at radius 2 is 1.95 bits per heavy atom. The second kappa shape index (κ2) is 6.56. The Morgan fingerprint density at radius 3 is 2.60 bits per heavy atom. The van der Waals surface area contributed by atoms with Crippen LogP contribution in [0.25, 0.3) is 0 Å². The van der Waals surface area contributed by atoms with Gasteiger partial charge >= 0.3 is 5.97 Å². The van der Waals surface area contributed by atoms with Gasteiger partial charge in [-0.05, 0) is 18.6 Å². The van der Waals surface area contributed by atoms with Gasteiger partial charge in [0.2, 0.25) is 0 Å². The lowest BCUT2D eigenvalue weighted by atomic mass is 10.2. The number of esters is 1. The topological polar surface area (TPSA) is 68.5 Å². The van der Waals surface area contributed by atoms with E-state index < -0.39 is 5.97 Å². The second-order valence-electron chi connectivity index (χ2n) is 4.22. The fourth-order valence-corrected chi connectivity index (χ4v) is 1.66. The van der Waals surface area contributed by atoms with Gasteiger partial charge in [0.15, 0.2) is 0 Å². The van der Waals surface area contributed by atoms with Crippen LogP contribution in [0, 0.1) is 6.92 Å². The Balaban J connectivity index is 1.75. The van der Waals surface area contributed by atoms with Crippen molar-refractivity contribution in [1.82, 2.24) is 5.32 Å². The molecule has 0 bridgehead atoms. The molecular weight excluding hydrogens is 258 g/mol. The molecule has 0 fully saturated rings. The summed E-state index contributed by atoms with van der Waals surface area (Å²) in [7, 11) is 0. The number of aryl methyl sites for hydroxylation is 1. The SMILES string of the molecule is Cc1occc1C(=O)NCC(=O)OCc1ccccc1. The van der Waals surface area contributed by atoms with Crippen molar-refractivity contribution in [3.05, 3.63) is 59.5 Å². The van der Waals surface area contributed by atoms with E-state index in [2.05, 4.69) is 5.32 Å². The Hall–Kier alpha value is -2.56. The molecule has 1 heterocycles. The van der Waals surface area contributed by atoms with Gasteiger partial charge in [0, 0.05) is 0 Å².